The maximum absolute atomic E-state index is 12.1. The minimum atomic E-state index is -3.53. The molecule has 0 radical (unpaired) electrons. The van der Waals surface area contributed by atoms with Gasteiger partial charge < -0.3 is 4.74 Å². The van der Waals surface area contributed by atoms with Gasteiger partial charge in [-0.3, -0.25) is 0 Å². The molecule has 1 aromatic carbocycles. The van der Waals surface area contributed by atoms with Crippen LogP contribution in [-0.2, 0) is 14.8 Å². The van der Waals surface area contributed by atoms with Crippen molar-refractivity contribution in [3.05, 3.63) is 30.3 Å². The first-order chi connectivity index (χ1) is 9.03. The number of nitrogens with zero attached hydrogens (tertiary/aromatic N) is 1. The number of aliphatic imine (C=N–C) groups is 1. The van der Waals surface area contributed by atoms with E-state index in [9.17, 15) is 8.42 Å². The number of nitrogens with one attached hydrogen (secondary N) is 1. The lowest BCUT2D eigenvalue weighted by Gasteiger charge is -2.13. The molecule has 1 N–H and O–H groups in total. The van der Waals surface area contributed by atoms with E-state index in [-0.39, 0.29) is 10.9 Å². The number of ether oxygens (including phenoxy) is 1. The average Bonchev–Trinajstić information content (AvgIpc) is 2.88. The second-order valence-electron chi connectivity index (χ2n) is 4.50. The van der Waals surface area contributed by atoms with Crippen LogP contribution in [0.15, 0.2) is 40.2 Å². The van der Waals surface area contributed by atoms with Crippen LogP contribution < -0.4 is 4.72 Å². The monoisotopic (exact) mass is 282 g/mol. The highest BCUT2D eigenvalue weighted by Crippen LogP contribution is 2.13. The zero-order valence-electron chi connectivity index (χ0n) is 11.0. The SMILES string of the molecule is CC[C@@H]1COC(C(C)NS(=O)(=O)c2ccccc2)=N1. The first kappa shape index (κ1) is 14.0. The summed E-state index contributed by atoms with van der Waals surface area (Å²) in [5.74, 6) is 0.464. The molecule has 19 heavy (non-hydrogen) atoms. The van der Waals surface area contributed by atoms with Crippen molar-refractivity contribution in [2.75, 3.05) is 6.61 Å². The van der Waals surface area contributed by atoms with Gasteiger partial charge in [-0.15, -0.1) is 0 Å². The van der Waals surface area contributed by atoms with Crippen molar-refractivity contribution in [2.24, 2.45) is 4.99 Å². The normalized spacial score (nSPS) is 20.7. The second-order valence-corrected chi connectivity index (χ2v) is 6.21. The summed E-state index contributed by atoms with van der Waals surface area (Å²) in [6.07, 6.45) is 0.891. The van der Waals surface area contributed by atoms with E-state index in [1.807, 2.05) is 6.92 Å². The number of sulfonamides is 1. The molecule has 0 aliphatic carbocycles. The van der Waals surface area contributed by atoms with Gasteiger partial charge in [0.1, 0.15) is 6.61 Å². The Morgan fingerprint density at radius 1 is 1.42 bits per heavy atom. The first-order valence-corrected chi connectivity index (χ1v) is 7.79. The molecule has 1 aliphatic heterocycles. The van der Waals surface area contributed by atoms with Gasteiger partial charge in [-0.1, -0.05) is 25.1 Å². The van der Waals surface area contributed by atoms with Crippen LogP contribution in [0.2, 0.25) is 0 Å². The molecular formula is C13H18N2O3S. The van der Waals surface area contributed by atoms with E-state index in [1.165, 1.54) is 0 Å². The van der Waals surface area contributed by atoms with Crippen LogP contribution in [0.1, 0.15) is 20.3 Å². The summed E-state index contributed by atoms with van der Waals surface area (Å²) in [4.78, 5) is 4.59. The van der Waals surface area contributed by atoms with Crippen LogP contribution in [-0.4, -0.2) is 33.0 Å². The Kier molecular flexibility index (Phi) is 4.21. The number of hydrogen-bond donors (Lipinski definition) is 1. The van der Waals surface area contributed by atoms with E-state index in [0.717, 1.165) is 6.42 Å². The third-order valence-electron chi connectivity index (χ3n) is 2.96. The minimum absolute atomic E-state index is 0.138. The Morgan fingerprint density at radius 2 is 2.11 bits per heavy atom. The van der Waals surface area contributed by atoms with E-state index in [1.54, 1.807) is 37.3 Å². The van der Waals surface area contributed by atoms with Crippen molar-refractivity contribution in [2.45, 2.75) is 37.2 Å². The van der Waals surface area contributed by atoms with Gasteiger partial charge in [-0.2, -0.15) is 4.72 Å². The molecule has 104 valence electrons. The van der Waals surface area contributed by atoms with Crippen molar-refractivity contribution in [1.82, 2.24) is 4.72 Å². The lowest BCUT2D eigenvalue weighted by Crippen LogP contribution is -2.38. The van der Waals surface area contributed by atoms with Crippen molar-refractivity contribution >= 4 is 15.9 Å². The summed E-state index contributed by atoms with van der Waals surface area (Å²) < 4.78 is 32.3. The van der Waals surface area contributed by atoms with Crippen LogP contribution in [0.25, 0.3) is 0 Å². The van der Waals surface area contributed by atoms with Gasteiger partial charge in [0.05, 0.1) is 17.0 Å². The molecular weight excluding hydrogens is 264 g/mol. The van der Waals surface area contributed by atoms with Crippen molar-refractivity contribution in [3.8, 4) is 0 Å². The van der Waals surface area contributed by atoms with Crippen LogP contribution in [0, 0.1) is 0 Å². The molecule has 1 heterocycles. The predicted octanol–water partition coefficient (Wildman–Crippen LogP) is 1.56. The summed E-state index contributed by atoms with van der Waals surface area (Å²) in [6.45, 7) is 4.29. The first-order valence-electron chi connectivity index (χ1n) is 6.31. The maximum Gasteiger partial charge on any atom is 0.241 e. The molecule has 6 heteroatoms. The number of hydrogen-bond acceptors (Lipinski definition) is 4. The summed E-state index contributed by atoms with van der Waals surface area (Å²) in [5.41, 5.74) is 0. The second kappa shape index (κ2) is 5.71. The van der Waals surface area contributed by atoms with Crippen molar-refractivity contribution in [1.29, 1.82) is 0 Å². The molecule has 1 unspecified atom stereocenters. The molecule has 1 aromatic rings. The molecule has 2 atom stereocenters. The molecule has 2 rings (SSSR count). The Hall–Kier alpha value is -1.40. The highest BCUT2D eigenvalue weighted by atomic mass is 32.2. The van der Waals surface area contributed by atoms with E-state index in [0.29, 0.717) is 12.5 Å². The molecule has 0 spiro atoms. The van der Waals surface area contributed by atoms with Crippen LogP contribution >= 0.6 is 0 Å². The van der Waals surface area contributed by atoms with Crippen LogP contribution in [0.3, 0.4) is 0 Å². The van der Waals surface area contributed by atoms with Gasteiger partial charge in [-0.25, -0.2) is 13.4 Å². The fraction of sp³-hybridized carbons (Fsp3) is 0.462. The van der Waals surface area contributed by atoms with Gasteiger partial charge in [0, 0.05) is 0 Å². The Balaban J connectivity index is 2.09. The Labute approximate surface area is 113 Å². The van der Waals surface area contributed by atoms with E-state index in [2.05, 4.69) is 9.71 Å². The summed E-state index contributed by atoms with van der Waals surface area (Å²) in [6, 6.07) is 7.95. The zero-order chi connectivity index (χ0) is 13.9. The number of rotatable bonds is 5. The van der Waals surface area contributed by atoms with Gasteiger partial charge in [0.2, 0.25) is 15.9 Å². The summed E-state index contributed by atoms with van der Waals surface area (Å²) in [5, 5.41) is 0. The topological polar surface area (TPSA) is 67.8 Å². The molecule has 0 bridgehead atoms. The average molecular weight is 282 g/mol. The van der Waals surface area contributed by atoms with Gasteiger partial charge in [0.25, 0.3) is 0 Å². The van der Waals surface area contributed by atoms with Crippen LogP contribution in [0.4, 0.5) is 0 Å². The van der Waals surface area contributed by atoms with E-state index in [4.69, 9.17) is 4.74 Å². The third kappa shape index (κ3) is 3.33. The predicted molar refractivity (Wildman–Crippen MR) is 73.7 cm³/mol. The highest BCUT2D eigenvalue weighted by Gasteiger charge is 2.26. The molecule has 5 nitrogen and oxygen atoms in total. The molecule has 1 aliphatic rings. The van der Waals surface area contributed by atoms with Gasteiger partial charge >= 0.3 is 0 Å². The third-order valence-corrected chi connectivity index (χ3v) is 4.52. The van der Waals surface area contributed by atoms with Gasteiger partial charge in [0.15, 0.2) is 0 Å². The fourth-order valence-corrected chi connectivity index (χ4v) is 3.05. The fourth-order valence-electron chi connectivity index (χ4n) is 1.83. The molecule has 0 aromatic heterocycles. The van der Waals surface area contributed by atoms with Crippen molar-refractivity contribution < 1.29 is 13.2 Å². The van der Waals surface area contributed by atoms with Crippen LogP contribution in [0.5, 0.6) is 0 Å². The summed E-state index contributed by atoms with van der Waals surface area (Å²) >= 11 is 0. The van der Waals surface area contributed by atoms with E-state index < -0.39 is 16.1 Å². The Bertz CT molecular complexity index is 555. The van der Waals surface area contributed by atoms with E-state index >= 15 is 0 Å². The van der Waals surface area contributed by atoms with Gasteiger partial charge in [-0.05, 0) is 25.5 Å². The minimum Gasteiger partial charge on any atom is -0.478 e. The lowest BCUT2D eigenvalue weighted by molar-refractivity contribution is 0.303. The number of benzene rings is 1. The molecule has 0 saturated heterocycles. The Morgan fingerprint density at radius 3 is 2.68 bits per heavy atom. The smallest absolute Gasteiger partial charge is 0.241 e. The van der Waals surface area contributed by atoms with Crippen molar-refractivity contribution in [3.63, 3.8) is 0 Å². The molecule has 0 saturated carbocycles. The highest BCUT2D eigenvalue weighted by molar-refractivity contribution is 7.89. The molecule has 0 amide bonds. The molecule has 0 fully saturated rings. The summed E-state index contributed by atoms with van der Waals surface area (Å²) in [7, 11) is -3.53. The standard InChI is InChI=1S/C13H18N2O3S/c1-3-11-9-18-13(14-11)10(2)15-19(16,17)12-7-5-4-6-8-12/h4-8,10-11,15H,3,9H2,1-2H3/t10?,11-/m1/s1. The lowest BCUT2D eigenvalue weighted by atomic mass is 10.3. The quantitative estimate of drug-likeness (QED) is 0.891. The largest absolute Gasteiger partial charge is 0.478 e. The zero-order valence-corrected chi connectivity index (χ0v) is 11.9. The maximum atomic E-state index is 12.1.